The van der Waals surface area contributed by atoms with Gasteiger partial charge in [-0.25, -0.2) is 9.67 Å². The van der Waals surface area contributed by atoms with E-state index in [4.69, 9.17) is 28.9 Å². The van der Waals surface area contributed by atoms with Gasteiger partial charge in [0.2, 0.25) is 0 Å². The molecule has 1 fully saturated rings. The van der Waals surface area contributed by atoms with Gasteiger partial charge in [-0.2, -0.15) is 18.3 Å². The normalized spacial score (nSPS) is 15.3. The number of nitrogens with zero attached hydrogens (tertiary/aromatic N) is 6. The highest BCUT2D eigenvalue weighted by Gasteiger charge is 2.32. The fourth-order valence-electron chi connectivity index (χ4n) is 3.73. The van der Waals surface area contributed by atoms with E-state index in [1.807, 2.05) is 51.4 Å². The molecule has 1 aliphatic rings. The van der Waals surface area contributed by atoms with E-state index in [0.29, 0.717) is 43.4 Å². The Balaban J connectivity index is 1.45. The number of alkyl halides is 3. The zero-order valence-electron chi connectivity index (χ0n) is 17.4. The predicted molar refractivity (Wildman–Crippen MR) is 120 cm³/mol. The number of benzene rings is 1. The zero-order chi connectivity index (χ0) is 22.9. The maximum absolute atomic E-state index is 12.9. The van der Waals surface area contributed by atoms with Gasteiger partial charge < -0.3 is 9.47 Å². The molecule has 11 heteroatoms. The minimum absolute atomic E-state index is 0.00434. The Kier molecular flexibility index (Phi) is 6.55. The summed E-state index contributed by atoms with van der Waals surface area (Å²) in [4.78, 5) is 8.07. The molecule has 3 heterocycles. The molecule has 1 saturated heterocycles. The average molecular weight is 483 g/mol. The number of piperazine rings is 1. The summed E-state index contributed by atoms with van der Waals surface area (Å²) in [6.07, 6.45) is -3.64. The molecule has 0 aliphatic carbocycles. The Bertz CT molecular complexity index is 1140. The molecule has 0 radical (unpaired) electrons. The zero-order valence-corrected chi connectivity index (χ0v) is 19.0. The van der Waals surface area contributed by atoms with E-state index < -0.39 is 11.7 Å². The fourth-order valence-corrected chi connectivity index (χ4v) is 4.33. The number of pyridine rings is 1. The first-order valence-corrected chi connectivity index (χ1v) is 11.0. The molecule has 0 unspecified atom stereocenters. The van der Waals surface area contributed by atoms with Crippen molar-refractivity contribution in [2.75, 3.05) is 31.1 Å². The number of hydrogen-bond donors (Lipinski definition) is 0. The van der Waals surface area contributed by atoms with Crippen LogP contribution in [0.15, 0.2) is 42.6 Å². The summed E-state index contributed by atoms with van der Waals surface area (Å²) in [5.41, 5.74) is 0.159. The maximum atomic E-state index is 12.9. The van der Waals surface area contributed by atoms with Crippen molar-refractivity contribution in [3.8, 4) is 11.4 Å². The number of hydrogen-bond acceptors (Lipinski definition) is 5. The van der Waals surface area contributed by atoms with E-state index in [9.17, 15) is 13.2 Å². The molecular formula is C21H22ClF3N6S. The van der Waals surface area contributed by atoms with Crippen LogP contribution in [0.3, 0.4) is 0 Å². The van der Waals surface area contributed by atoms with Crippen LogP contribution in [0.1, 0.15) is 12.5 Å². The lowest BCUT2D eigenvalue weighted by Gasteiger charge is -2.35. The van der Waals surface area contributed by atoms with Crippen molar-refractivity contribution in [1.29, 1.82) is 0 Å². The molecule has 0 amide bonds. The second-order valence-corrected chi connectivity index (χ2v) is 8.26. The Morgan fingerprint density at radius 1 is 1.09 bits per heavy atom. The van der Waals surface area contributed by atoms with Crippen LogP contribution in [0, 0.1) is 4.77 Å². The molecule has 170 valence electrons. The van der Waals surface area contributed by atoms with Gasteiger partial charge in [-0.05, 0) is 25.2 Å². The molecule has 0 N–H and O–H groups in total. The summed E-state index contributed by atoms with van der Waals surface area (Å²) in [5.74, 6) is 1.20. The maximum Gasteiger partial charge on any atom is 0.417 e. The third kappa shape index (κ3) is 4.67. The molecular weight excluding hydrogens is 461 g/mol. The quantitative estimate of drug-likeness (QED) is 0.481. The van der Waals surface area contributed by atoms with Crippen LogP contribution in [0.2, 0.25) is 5.02 Å². The molecule has 0 saturated carbocycles. The molecule has 4 rings (SSSR count). The van der Waals surface area contributed by atoms with E-state index in [1.54, 1.807) is 0 Å². The third-order valence-corrected chi connectivity index (χ3v) is 6.14. The smallest absolute Gasteiger partial charge is 0.353 e. The van der Waals surface area contributed by atoms with E-state index >= 15 is 0 Å². The highest BCUT2D eigenvalue weighted by atomic mass is 35.5. The first-order chi connectivity index (χ1) is 15.3. The second kappa shape index (κ2) is 9.21. The number of halogens is 4. The van der Waals surface area contributed by atoms with Crippen LogP contribution < -0.4 is 4.90 Å². The topological polar surface area (TPSA) is 42.1 Å². The van der Waals surface area contributed by atoms with E-state index in [2.05, 4.69) is 9.88 Å². The van der Waals surface area contributed by atoms with Crippen molar-refractivity contribution in [2.24, 2.45) is 0 Å². The standard InChI is InChI=1S/C21H22ClF3N6S/c1-2-30-18(15-6-4-3-5-7-15)27-31(20(30)32)14-28-8-10-29(11-9-28)19-17(22)12-16(13-26-19)21(23,24)25/h3-7,12-13H,2,8-11,14H2,1H3. The number of anilines is 1. The van der Waals surface area contributed by atoms with Crippen molar-refractivity contribution in [3.05, 3.63) is 58.0 Å². The summed E-state index contributed by atoms with van der Waals surface area (Å²) >= 11 is 11.7. The number of aromatic nitrogens is 4. The highest BCUT2D eigenvalue weighted by Crippen LogP contribution is 2.33. The fraction of sp³-hybridized carbons (Fsp3) is 0.381. The van der Waals surface area contributed by atoms with Gasteiger partial charge in [0.05, 0.1) is 17.3 Å². The molecule has 2 aromatic heterocycles. The van der Waals surface area contributed by atoms with Crippen LogP contribution in [0.4, 0.5) is 19.0 Å². The summed E-state index contributed by atoms with van der Waals surface area (Å²) in [5, 5.41) is 4.75. The Hall–Kier alpha value is -2.43. The molecule has 0 spiro atoms. The van der Waals surface area contributed by atoms with E-state index in [-0.39, 0.29) is 5.02 Å². The molecule has 1 aliphatic heterocycles. The molecule has 32 heavy (non-hydrogen) atoms. The Labute approximate surface area is 193 Å². The van der Waals surface area contributed by atoms with Gasteiger partial charge in [0.15, 0.2) is 10.6 Å². The van der Waals surface area contributed by atoms with Crippen LogP contribution in [0.5, 0.6) is 0 Å². The molecule has 0 atom stereocenters. The summed E-state index contributed by atoms with van der Waals surface area (Å²) in [7, 11) is 0. The van der Waals surface area contributed by atoms with Crippen molar-refractivity contribution >= 4 is 29.6 Å². The second-order valence-electron chi connectivity index (χ2n) is 7.49. The minimum atomic E-state index is -4.46. The minimum Gasteiger partial charge on any atom is -0.353 e. The molecule has 3 aromatic rings. The van der Waals surface area contributed by atoms with E-state index in [1.165, 1.54) is 0 Å². The van der Waals surface area contributed by atoms with Gasteiger partial charge in [-0.3, -0.25) is 4.90 Å². The summed E-state index contributed by atoms with van der Waals surface area (Å²) in [6.45, 7) is 5.83. The number of rotatable bonds is 5. The highest BCUT2D eigenvalue weighted by molar-refractivity contribution is 7.71. The van der Waals surface area contributed by atoms with Gasteiger partial charge in [-0.15, -0.1) is 0 Å². The lowest BCUT2D eigenvalue weighted by Crippen LogP contribution is -2.47. The molecule has 6 nitrogen and oxygen atoms in total. The van der Waals surface area contributed by atoms with Gasteiger partial charge in [0.25, 0.3) is 0 Å². The van der Waals surface area contributed by atoms with Gasteiger partial charge in [-0.1, -0.05) is 41.9 Å². The van der Waals surface area contributed by atoms with Crippen LogP contribution >= 0.6 is 23.8 Å². The average Bonchev–Trinajstić information content (AvgIpc) is 3.09. The SMILES string of the molecule is CCn1c(-c2ccccc2)nn(CN2CCN(c3ncc(C(F)(F)F)cc3Cl)CC2)c1=S. The van der Waals surface area contributed by atoms with Gasteiger partial charge in [0.1, 0.15) is 5.82 Å². The Morgan fingerprint density at radius 3 is 2.38 bits per heavy atom. The lowest BCUT2D eigenvalue weighted by molar-refractivity contribution is -0.137. The summed E-state index contributed by atoms with van der Waals surface area (Å²) < 4.78 is 43.1. The van der Waals surface area contributed by atoms with Crippen molar-refractivity contribution < 1.29 is 13.2 Å². The molecule has 1 aromatic carbocycles. The van der Waals surface area contributed by atoms with Crippen LogP contribution in [-0.4, -0.2) is 50.4 Å². The predicted octanol–water partition coefficient (Wildman–Crippen LogP) is 4.95. The lowest BCUT2D eigenvalue weighted by atomic mass is 10.2. The first kappa shape index (κ1) is 22.8. The Morgan fingerprint density at radius 2 is 1.78 bits per heavy atom. The van der Waals surface area contributed by atoms with Gasteiger partial charge in [0, 0.05) is 44.5 Å². The monoisotopic (exact) mass is 482 g/mol. The van der Waals surface area contributed by atoms with E-state index in [0.717, 1.165) is 30.2 Å². The first-order valence-electron chi connectivity index (χ1n) is 10.2. The van der Waals surface area contributed by atoms with Crippen molar-refractivity contribution in [3.63, 3.8) is 0 Å². The van der Waals surface area contributed by atoms with Crippen LogP contribution in [-0.2, 0) is 19.4 Å². The van der Waals surface area contributed by atoms with Crippen molar-refractivity contribution in [1.82, 2.24) is 24.2 Å². The van der Waals surface area contributed by atoms with Crippen molar-refractivity contribution in [2.45, 2.75) is 26.3 Å². The molecule has 0 bridgehead atoms. The summed E-state index contributed by atoms with van der Waals surface area (Å²) in [6, 6.07) is 10.8. The third-order valence-electron chi connectivity index (χ3n) is 5.43. The van der Waals surface area contributed by atoms with Gasteiger partial charge >= 0.3 is 6.18 Å². The largest absolute Gasteiger partial charge is 0.417 e. The van der Waals surface area contributed by atoms with Crippen LogP contribution in [0.25, 0.3) is 11.4 Å².